The van der Waals surface area contributed by atoms with Crippen LogP contribution in [0.3, 0.4) is 0 Å². The summed E-state index contributed by atoms with van der Waals surface area (Å²) in [6, 6.07) is 0. The molecule has 0 saturated heterocycles. The maximum Gasteiger partial charge on any atom is 0.0781 e. The van der Waals surface area contributed by atoms with Gasteiger partial charge in [-0.05, 0) is 25.7 Å². The van der Waals surface area contributed by atoms with Crippen LogP contribution in [-0.4, -0.2) is 38.6 Å². The van der Waals surface area contributed by atoms with Gasteiger partial charge in [-0.1, -0.05) is 27.7 Å². The fraction of sp³-hybridized carbons (Fsp3) is 1.00. The molecule has 2 atom stereocenters. The minimum atomic E-state index is 0.138. The van der Waals surface area contributed by atoms with Crippen LogP contribution in [0.15, 0.2) is 0 Å². The standard InChI is InChI=1S/C14H30O3/c1-11(2)7-15-9-13(5)17-10-14(6)16-8-12(3)4/h11-14H,7-10H2,1-6H3. The molecule has 0 fully saturated rings. The molecule has 0 aliphatic heterocycles. The molecule has 17 heavy (non-hydrogen) atoms. The van der Waals surface area contributed by atoms with Crippen molar-refractivity contribution in [3.05, 3.63) is 0 Å². The average molecular weight is 246 g/mol. The highest BCUT2D eigenvalue weighted by Crippen LogP contribution is 2.02. The fourth-order valence-corrected chi connectivity index (χ4v) is 1.22. The fourth-order valence-electron chi connectivity index (χ4n) is 1.22. The van der Waals surface area contributed by atoms with Gasteiger partial charge >= 0.3 is 0 Å². The Balaban J connectivity index is 3.45. The van der Waals surface area contributed by atoms with E-state index in [1.54, 1.807) is 0 Å². The lowest BCUT2D eigenvalue weighted by Gasteiger charge is -2.19. The molecule has 0 radical (unpaired) electrons. The van der Waals surface area contributed by atoms with Crippen molar-refractivity contribution in [1.29, 1.82) is 0 Å². The smallest absolute Gasteiger partial charge is 0.0781 e. The number of hydrogen-bond acceptors (Lipinski definition) is 3. The molecule has 2 unspecified atom stereocenters. The van der Waals surface area contributed by atoms with Crippen molar-refractivity contribution in [2.24, 2.45) is 11.8 Å². The highest BCUT2D eigenvalue weighted by atomic mass is 16.6. The number of rotatable bonds is 10. The summed E-state index contributed by atoms with van der Waals surface area (Å²) < 4.78 is 16.8. The Morgan fingerprint density at radius 2 is 1.06 bits per heavy atom. The van der Waals surface area contributed by atoms with Gasteiger partial charge in [-0.2, -0.15) is 0 Å². The highest BCUT2D eigenvalue weighted by Gasteiger charge is 2.08. The quantitative estimate of drug-likeness (QED) is 0.593. The number of ether oxygens (including phenoxy) is 3. The van der Waals surface area contributed by atoms with Crippen LogP contribution >= 0.6 is 0 Å². The molecule has 3 heteroatoms. The Hall–Kier alpha value is -0.120. The zero-order chi connectivity index (χ0) is 13.3. The van der Waals surface area contributed by atoms with Crippen LogP contribution in [0, 0.1) is 11.8 Å². The van der Waals surface area contributed by atoms with Crippen LogP contribution in [-0.2, 0) is 14.2 Å². The molecule has 0 aliphatic rings. The van der Waals surface area contributed by atoms with E-state index in [0.29, 0.717) is 25.0 Å². The molecule has 0 aromatic heterocycles. The lowest BCUT2D eigenvalue weighted by atomic mass is 10.2. The molecule has 104 valence electrons. The minimum Gasteiger partial charge on any atom is -0.379 e. The van der Waals surface area contributed by atoms with Gasteiger partial charge < -0.3 is 14.2 Å². The summed E-state index contributed by atoms with van der Waals surface area (Å²) >= 11 is 0. The monoisotopic (exact) mass is 246 g/mol. The van der Waals surface area contributed by atoms with Gasteiger partial charge in [-0.15, -0.1) is 0 Å². The van der Waals surface area contributed by atoms with Crippen LogP contribution in [0.25, 0.3) is 0 Å². The molecule has 0 rings (SSSR count). The third-order valence-electron chi connectivity index (χ3n) is 2.13. The van der Waals surface area contributed by atoms with Crippen molar-refractivity contribution in [2.75, 3.05) is 26.4 Å². The van der Waals surface area contributed by atoms with Crippen molar-refractivity contribution in [3.63, 3.8) is 0 Å². The summed E-state index contributed by atoms with van der Waals surface area (Å²) in [5.41, 5.74) is 0. The first-order valence-corrected chi connectivity index (χ1v) is 6.72. The summed E-state index contributed by atoms with van der Waals surface area (Å²) in [6.07, 6.45) is 0.295. The summed E-state index contributed by atoms with van der Waals surface area (Å²) in [7, 11) is 0. The first-order chi connectivity index (χ1) is 7.91. The van der Waals surface area contributed by atoms with E-state index in [1.807, 2.05) is 13.8 Å². The molecule has 0 saturated carbocycles. The Labute approximate surface area is 107 Å². The molecule has 0 bridgehead atoms. The van der Waals surface area contributed by atoms with Crippen molar-refractivity contribution in [2.45, 2.75) is 53.8 Å². The highest BCUT2D eigenvalue weighted by molar-refractivity contribution is 4.54. The zero-order valence-corrected chi connectivity index (χ0v) is 12.4. The molecular weight excluding hydrogens is 216 g/mol. The molecule has 0 spiro atoms. The van der Waals surface area contributed by atoms with E-state index in [1.165, 1.54) is 0 Å². The van der Waals surface area contributed by atoms with Crippen LogP contribution in [0.2, 0.25) is 0 Å². The Bertz CT molecular complexity index is 169. The van der Waals surface area contributed by atoms with Crippen LogP contribution in [0.5, 0.6) is 0 Å². The summed E-state index contributed by atoms with van der Waals surface area (Å²) in [6.45, 7) is 15.6. The summed E-state index contributed by atoms with van der Waals surface area (Å²) in [5, 5.41) is 0. The SMILES string of the molecule is CC(C)COCC(C)OCC(C)OCC(C)C. The molecule has 3 nitrogen and oxygen atoms in total. The van der Waals surface area contributed by atoms with Crippen LogP contribution < -0.4 is 0 Å². The van der Waals surface area contributed by atoms with E-state index in [-0.39, 0.29) is 12.2 Å². The first-order valence-electron chi connectivity index (χ1n) is 6.72. The van der Waals surface area contributed by atoms with Crippen molar-refractivity contribution < 1.29 is 14.2 Å². The van der Waals surface area contributed by atoms with E-state index in [2.05, 4.69) is 27.7 Å². The van der Waals surface area contributed by atoms with Gasteiger partial charge in [0, 0.05) is 13.2 Å². The molecular formula is C14H30O3. The zero-order valence-electron chi connectivity index (χ0n) is 12.4. The molecule has 0 aliphatic carbocycles. The van der Waals surface area contributed by atoms with E-state index in [4.69, 9.17) is 14.2 Å². The van der Waals surface area contributed by atoms with Crippen LogP contribution in [0.4, 0.5) is 0 Å². The second kappa shape index (κ2) is 9.86. The van der Waals surface area contributed by atoms with Gasteiger partial charge in [0.15, 0.2) is 0 Å². The molecule has 0 heterocycles. The second-order valence-corrected chi connectivity index (χ2v) is 5.61. The molecule has 0 aromatic rings. The van der Waals surface area contributed by atoms with Gasteiger partial charge in [0.2, 0.25) is 0 Å². The summed E-state index contributed by atoms with van der Waals surface area (Å²) in [5.74, 6) is 1.15. The Morgan fingerprint density at radius 3 is 1.59 bits per heavy atom. The molecule has 0 aromatic carbocycles. The van der Waals surface area contributed by atoms with E-state index in [0.717, 1.165) is 13.2 Å². The van der Waals surface area contributed by atoms with Gasteiger partial charge in [0.05, 0.1) is 25.4 Å². The predicted octanol–water partition coefficient (Wildman–Crippen LogP) is 3.13. The molecule has 0 N–H and O–H groups in total. The third kappa shape index (κ3) is 12.1. The topological polar surface area (TPSA) is 27.7 Å². The maximum atomic E-state index is 5.67. The van der Waals surface area contributed by atoms with Crippen molar-refractivity contribution in [1.82, 2.24) is 0 Å². The molecule has 0 amide bonds. The second-order valence-electron chi connectivity index (χ2n) is 5.61. The Morgan fingerprint density at radius 1 is 0.588 bits per heavy atom. The van der Waals surface area contributed by atoms with Crippen molar-refractivity contribution >= 4 is 0 Å². The minimum absolute atomic E-state index is 0.138. The van der Waals surface area contributed by atoms with Gasteiger partial charge in [-0.3, -0.25) is 0 Å². The lowest BCUT2D eigenvalue weighted by molar-refractivity contribution is -0.0633. The predicted molar refractivity (Wildman–Crippen MR) is 71.3 cm³/mol. The Kier molecular flexibility index (Phi) is 9.79. The van der Waals surface area contributed by atoms with Gasteiger partial charge in [0.25, 0.3) is 0 Å². The van der Waals surface area contributed by atoms with E-state index in [9.17, 15) is 0 Å². The first kappa shape index (κ1) is 16.9. The average Bonchev–Trinajstić information content (AvgIpc) is 2.23. The van der Waals surface area contributed by atoms with Gasteiger partial charge in [-0.25, -0.2) is 0 Å². The van der Waals surface area contributed by atoms with E-state index >= 15 is 0 Å². The third-order valence-corrected chi connectivity index (χ3v) is 2.13. The van der Waals surface area contributed by atoms with Gasteiger partial charge in [0.1, 0.15) is 0 Å². The maximum absolute atomic E-state index is 5.67. The number of hydrogen-bond donors (Lipinski definition) is 0. The van der Waals surface area contributed by atoms with Crippen molar-refractivity contribution in [3.8, 4) is 0 Å². The summed E-state index contributed by atoms with van der Waals surface area (Å²) in [4.78, 5) is 0. The van der Waals surface area contributed by atoms with E-state index < -0.39 is 0 Å². The normalized spacial score (nSPS) is 15.5. The lowest BCUT2D eigenvalue weighted by Crippen LogP contribution is -2.25. The van der Waals surface area contributed by atoms with Crippen LogP contribution in [0.1, 0.15) is 41.5 Å². The largest absolute Gasteiger partial charge is 0.379 e.